The number of carbonyl (C=O) groups excluding carboxylic acids is 6. The minimum Gasteiger partial charge on any atom is -0.382 e. The third-order valence-corrected chi connectivity index (χ3v) is 12.7. The highest BCUT2D eigenvalue weighted by molar-refractivity contribution is 6.40. The first kappa shape index (κ1) is 48.0. The van der Waals surface area contributed by atoms with E-state index in [0.717, 1.165) is 0 Å². The second-order valence-electron chi connectivity index (χ2n) is 16.4. The number of hydrogen-bond acceptors (Lipinski definition) is 14. The maximum absolute atomic E-state index is 13.9. The van der Waals surface area contributed by atoms with Gasteiger partial charge < -0.3 is 40.2 Å². The van der Waals surface area contributed by atoms with E-state index in [1.54, 1.807) is 109 Å². The second-order valence-corrected chi connectivity index (χ2v) is 17.2. The van der Waals surface area contributed by atoms with Crippen LogP contribution in [-0.4, -0.2) is 114 Å². The standard InChI is InChI=1S/C54H46Cl2N4O10/c55-37-13-1-7-31-43(37)49(61)33-9-3-15-39(45(33)51(31)63)57-19-23-67-27-29-69-25-21-59-41-17-5-11-35-47(41)53(65)36-12-6-18-42(48(36)54(35)66)60-22-26-70-30-28-68-24-20-58-40-16-4-10-34-46(40)52(64)32-8-2-14-38(56)44(32)50(34)62/h1-18,57-60H,19-30H2. The van der Waals surface area contributed by atoms with Crippen molar-refractivity contribution in [3.8, 4) is 0 Å². The number of fused-ring (bicyclic) bond motifs is 6. The van der Waals surface area contributed by atoms with Gasteiger partial charge in [0, 0.05) is 82.3 Å². The Morgan fingerprint density at radius 3 is 0.757 bits per heavy atom. The molecule has 0 aromatic heterocycles. The number of ketones is 6. The molecule has 0 saturated heterocycles. The average Bonchev–Trinajstić information content (AvgIpc) is 3.37. The van der Waals surface area contributed by atoms with Crippen molar-refractivity contribution in [3.05, 3.63) is 186 Å². The molecule has 0 aliphatic heterocycles. The molecule has 0 saturated carbocycles. The van der Waals surface area contributed by atoms with Crippen molar-refractivity contribution in [2.24, 2.45) is 0 Å². The number of carbonyl (C=O) groups is 6. The van der Waals surface area contributed by atoms with E-state index in [1.807, 2.05) is 0 Å². The van der Waals surface area contributed by atoms with Gasteiger partial charge in [0.1, 0.15) is 0 Å². The summed E-state index contributed by atoms with van der Waals surface area (Å²) in [6.07, 6.45) is 0. The number of halogens is 2. The molecule has 0 spiro atoms. The number of ether oxygens (including phenoxy) is 4. The Hall–Kier alpha value is -7.04. The lowest BCUT2D eigenvalue weighted by atomic mass is 9.82. The Morgan fingerprint density at radius 1 is 0.286 bits per heavy atom. The summed E-state index contributed by atoms with van der Waals surface area (Å²) in [5, 5.41) is 13.4. The predicted octanol–water partition coefficient (Wildman–Crippen LogP) is 8.43. The zero-order valence-electron chi connectivity index (χ0n) is 37.7. The molecule has 0 radical (unpaired) electrons. The molecule has 0 amide bonds. The Morgan fingerprint density at radius 2 is 0.500 bits per heavy atom. The van der Waals surface area contributed by atoms with Gasteiger partial charge in [-0.25, -0.2) is 0 Å². The number of benzene rings is 6. The SMILES string of the molecule is O=C1c2cccc(NCCOCCOCCNc3cccc4c3C(=O)c3cccc(NCCOCCOCCNc5cccc6c5C(=O)c5cccc(Cl)c5C6=O)c3C4=O)c2C(=O)c2cccc(Cl)c21. The monoisotopic (exact) mass is 980 g/mol. The van der Waals surface area contributed by atoms with Gasteiger partial charge in [0.05, 0.1) is 96.3 Å². The van der Waals surface area contributed by atoms with Gasteiger partial charge in [-0.15, -0.1) is 0 Å². The Bertz CT molecular complexity index is 2880. The first-order valence-corrected chi connectivity index (χ1v) is 23.5. The molecule has 6 aromatic carbocycles. The fourth-order valence-corrected chi connectivity index (χ4v) is 9.43. The van der Waals surface area contributed by atoms with Crippen LogP contribution in [0.4, 0.5) is 22.7 Å². The van der Waals surface area contributed by atoms with Crippen LogP contribution in [0.1, 0.15) is 95.5 Å². The fraction of sp³-hybridized carbons (Fsp3) is 0.222. The van der Waals surface area contributed by atoms with Crippen molar-refractivity contribution in [2.75, 3.05) is 100 Å². The van der Waals surface area contributed by atoms with E-state index < -0.39 is 0 Å². The van der Waals surface area contributed by atoms with Crippen LogP contribution in [-0.2, 0) is 18.9 Å². The smallest absolute Gasteiger partial charge is 0.196 e. The van der Waals surface area contributed by atoms with Crippen LogP contribution in [0.15, 0.2) is 109 Å². The molecule has 3 aliphatic rings. The molecule has 4 N–H and O–H groups in total. The first-order valence-electron chi connectivity index (χ1n) is 22.8. The van der Waals surface area contributed by atoms with Gasteiger partial charge in [0.2, 0.25) is 0 Å². The highest BCUT2D eigenvalue weighted by Gasteiger charge is 2.36. The van der Waals surface area contributed by atoms with E-state index in [9.17, 15) is 28.8 Å². The van der Waals surface area contributed by atoms with Gasteiger partial charge in [-0.05, 0) is 36.4 Å². The quantitative estimate of drug-likeness (QED) is 0.0474. The molecule has 16 heteroatoms. The summed E-state index contributed by atoms with van der Waals surface area (Å²) in [6.45, 7) is 4.10. The van der Waals surface area contributed by atoms with Crippen molar-refractivity contribution in [1.82, 2.24) is 0 Å². The Kier molecular flexibility index (Phi) is 14.9. The summed E-state index contributed by atoms with van der Waals surface area (Å²) in [6, 6.07) is 30.3. The number of anilines is 4. The zero-order chi connectivity index (χ0) is 48.7. The highest BCUT2D eigenvalue weighted by Crippen LogP contribution is 2.38. The summed E-state index contributed by atoms with van der Waals surface area (Å²) >= 11 is 12.5. The van der Waals surface area contributed by atoms with Crippen LogP contribution < -0.4 is 21.3 Å². The molecule has 0 heterocycles. The van der Waals surface area contributed by atoms with Crippen LogP contribution in [0, 0.1) is 0 Å². The topological polar surface area (TPSA) is 187 Å². The maximum atomic E-state index is 13.9. The Balaban J connectivity index is 0.667. The summed E-state index contributed by atoms with van der Waals surface area (Å²) in [5.74, 6) is -1.60. The van der Waals surface area contributed by atoms with Gasteiger partial charge in [-0.1, -0.05) is 96.0 Å². The van der Waals surface area contributed by atoms with Crippen molar-refractivity contribution in [3.63, 3.8) is 0 Å². The van der Waals surface area contributed by atoms with Crippen molar-refractivity contribution in [2.45, 2.75) is 0 Å². The molecule has 356 valence electrons. The summed E-state index contributed by atoms with van der Waals surface area (Å²) in [4.78, 5) is 80.8. The zero-order valence-corrected chi connectivity index (χ0v) is 39.2. The fourth-order valence-electron chi connectivity index (χ4n) is 8.91. The third-order valence-electron chi connectivity index (χ3n) is 12.1. The minimum absolute atomic E-state index is 0.228. The highest BCUT2D eigenvalue weighted by atomic mass is 35.5. The van der Waals surface area contributed by atoms with Crippen molar-refractivity contribution < 1.29 is 47.7 Å². The lowest BCUT2D eigenvalue weighted by molar-refractivity contribution is 0.0557. The predicted molar refractivity (Wildman–Crippen MR) is 267 cm³/mol. The van der Waals surface area contributed by atoms with Crippen LogP contribution in [0.25, 0.3) is 0 Å². The van der Waals surface area contributed by atoms with Gasteiger partial charge >= 0.3 is 0 Å². The molecule has 0 atom stereocenters. The largest absolute Gasteiger partial charge is 0.382 e. The lowest BCUT2D eigenvalue weighted by Crippen LogP contribution is -2.25. The van der Waals surface area contributed by atoms with Crippen LogP contribution in [0.5, 0.6) is 0 Å². The van der Waals surface area contributed by atoms with Gasteiger partial charge in [-0.3, -0.25) is 28.8 Å². The second kappa shape index (κ2) is 21.7. The van der Waals surface area contributed by atoms with E-state index in [0.29, 0.717) is 146 Å². The average molecular weight is 982 g/mol. The van der Waals surface area contributed by atoms with Crippen LogP contribution in [0.2, 0.25) is 10.0 Å². The summed E-state index contributed by atoms with van der Waals surface area (Å²) in [5.41, 5.74) is 5.70. The van der Waals surface area contributed by atoms with Crippen LogP contribution in [0.3, 0.4) is 0 Å². The van der Waals surface area contributed by atoms with Gasteiger partial charge in [-0.2, -0.15) is 0 Å². The number of nitrogens with one attached hydrogen (secondary N) is 4. The van der Waals surface area contributed by atoms with Crippen molar-refractivity contribution >= 4 is 80.7 Å². The van der Waals surface area contributed by atoms with E-state index in [2.05, 4.69) is 21.3 Å². The lowest BCUT2D eigenvalue weighted by Gasteiger charge is -2.23. The molecule has 0 fully saturated rings. The molecule has 14 nitrogen and oxygen atoms in total. The summed E-state index contributed by atoms with van der Waals surface area (Å²) < 4.78 is 23.0. The molecule has 0 unspecified atom stereocenters. The van der Waals surface area contributed by atoms with E-state index in [-0.39, 0.29) is 67.0 Å². The third kappa shape index (κ3) is 9.62. The minimum atomic E-state index is -0.283. The van der Waals surface area contributed by atoms with E-state index >= 15 is 0 Å². The van der Waals surface area contributed by atoms with E-state index in [4.69, 9.17) is 42.1 Å². The molecular weight excluding hydrogens is 936 g/mol. The first-order chi connectivity index (χ1) is 34.2. The van der Waals surface area contributed by atoms with Gasteiger partial charge in [0.25, 0.3) is 0 Å². The molecule has 70 heavy (non-hydrogen) atoms. The van der Waals surface area contributed by atoms with Crippen LogP contribution >= 0.6 is 23.2 Å². The van der Waals surface area contributed by atoms with E-state index in [1.165, 1.54) is 0 Å². The Labute approximate surface area is 412 Å². The van der Waals surface area contributed by atoms with Crippen molar-refractivity contribution in [1.29, 1.82) is 0 Å². The molecular formula is C54H46Cl2N4O10. The van der Waals surface area contributed by atoms with Gasteiger partial charge in [0.15, 0.2) is 34.7 Å². The number of rotatable bonds is 22. The molecule has 6 aromatic rings. The molecule has 0 bridgehead atoms. The normalized spacial score (nSPS) is 13.2. The maximum Gasteiger partial charge on any atom is 0.196 e. The molecule has 3 aliphatic carbocycles. The summed E-state index contributed by atoms with van der Waals surface area (Å²) in [7, 11) is 0. The number of hydrogen-bond donors (Lipinski definition) is 4. The molecule has 9 rings (SSSR count).